The largest absolute Gasteiger partial charge is 0.392 e. The molecule has 0 aromatic carbocycles. The van der Waals surface area contributed by atoms with E-state index in [4.69, 9.17) is 22.7 Å². The van der Waals surface area contributed by atoms with Gasteiger partial charge in [0.1, 0.15) is 5.41 Å². The molecule has 0 spiro atoms. The first-order valence-electron chi connectivity index (χ1n) is 7.03. The Morgan fingerprint density at radius 3 is 2.53 bits per heavy atom. The van der Waals surface area contributed by atoms with E-state index in [1.807, 2.05) is 0 Å². The van der Waals surface area contributed by atoms with Crippen LogP contribution in [0.4, 0.5) is 0 Å². The average molecular weight is 285 g/mol. The van der Waals surface area contributed by atoms with Crippen LogP contribution in [-0.4, -0.2) is 55.2 Å². The first kappa shape index (κ1) is 14.7. The Kier molecular flexibility index (Phi) is 5.13. The van der Waals surface area contributed by atoms with Crippen LogP contribution in [0.25, 0.3) is 0 Å². The number of thiocarbonyl (C=S) groups is 1. The van der Waals surface area contributed by atoms with Crippen LogP contribution >= 0.6 is 12.2 Å². The normalized spacial score (nSPS) is 23.2. The molecule has 0 unspecified atom stereocenters. The lowest BCUT2D eigenvalue weighted by molar-refractivity contribution is -0.131. The van der Waals surface area contributed by atoms with Crippen LogP contribution in [0, 0.1) is 5.41 Å². The number of amides is 1. The molecule has 2 rings (SSSR count). The van der Waals surface area contributed by atoms with Gasteiger partial charge in [0.2, 0.25) is 5.91 Å². The Balaban J connectivity index is 1.83. The lowest BCUT2D eigenvalue weighted by Gasteiger charge is -2.34. The molecule has 0 saturated carbocycles. The van der Waals surface area contributed by atoms with Gasteiger partial charge in [-0.15, -0.1) is 0 Å². The van der Waals surface area contributed by atoms with Crippen LogP contribution in [0.5, 0.6) is 0 Å². The molecule has 6 heteroatoms. The number of nitrogens with two attached hydrogens (primary N) is 1. The van der Waals surface area contributed by atoms with E-state index in [9.17, 15) is 4.79 Å². The summed E-state index contributed by atoms with van der Waals surface area (Å²) in [6.45, 7) is 4.97. The Labute approximate surface area is 119 Å². The third-order valence-corrected chi connectivity index (χ3v) is 4.56. The molecule has 19 heavy (non-hydrogen) atoms. The van der Waals surface area contributed by atoms with Crippen molar-refractivity contribution >= 4 is 23.1 Å². The van der Waals surface area contributed by atoms with Gasteiger partial charge < -0.3 is 20.7 Å². The average Bonchev–Trinajstić information content (AvgIpc) is 2.92. The van der Waals surface area contributed by atoms with Gasteiger partial charge in [-0.25, -0.2) is 0 Å². The molecule has 0 aliphatic carbocycles. The standard InChI is InChI=1S/C13H23N3O2S/c14-11(19)13(3-9-18-10-4-13)12(17)15-5-8-16-6-1-2-7-16/h1-10H2,(H2,14,19)(H,15,17). The molecule has 0 radical (unpaired) electrons. The second kappa shape index (κ2) is 6.63. The Morgan fingerprint density at radius 2 is 1.95 bits per heavy atom. The van der Waals surface area contributed by atoms with Crippen molar-refractivity contribution < 1.29 is 9.53 Å². The summed E-state index contributed by atoms with van der Waals surface area (Å²) in [7, 11) is 0. The number of likely N-dealkylation sites (tertiary alicyclic amines) is 1. The van der Waals surface area contributed by atoms with Gasteiger partial charge in [-0.05, 0) is 38.8 Å². The number of carbonyl (C=O) groups is 1. The number of nitrogens with one attached hydrogen (secondary N) is 1. The third-order valence-electron chi connectivity index (χ3n) is 4.16. The van der Waals surface area contributed by atoms with Crippen LogP contribution in [0.1, 0.15) is 25.7 Å². The summed E-state index contributed by atoms with van der Waals surface area (Å²) in [5.74, 6) is -0.0255. The Hall–Kier alpha value is -0.720. The summed E-state index contributed by atoms with van der Waals surface area (Å²) in [6, 6.07) is 0. The topological polar surface area (TPSA) is 67.6 Å². The minimum Gasteiger partial charge on any atom is -0.392 e. The van der Waals surface area contributed by atoms with E-state index in [0.29, 0.717) is 37.6 Å². The molecule has 0 atom stereocenters. The zero-order valence-corrected chi connectivity index (χ0v) is 12.1. The SMILES string of the molecule is NC(=S)C1(C(=O)NCCN2CCCC2)CCOCC1. The number of carbonyl (C=O) groups excluding carboxylic acids is 1. The van der Waals surface area contributed by atoms with E-state index in [2.05, 4.69) is 10.2 Å². The molecule has 2 heterocycles. The molecule has 2 aliphatic rings. The van der Waals surface area contributed by atoms with Gasteiger partial charge in [-0.1, -0.05) is 12.2 Å². The van der Waals surface area contributed by atoms with Crippen molar-refractivity contribution in [1.82, 2.24) is 10.2 Å². The molecule has 5 nitrogen and oxygen atoms in total. The minimum atomic E-state index is -0.696. The van der Waals surface area contributed by atoms with Crippen molar-refractivity contribution in [1.29, 1.82) is 0 Å². The van der Waals surface area contributed by atoms with Crippen LogP contribution in [0.15, 0.2) is 0 Å². The molecule has 0 aromatic rings. The summed E-state index contributed by atoms with van der Waals surface area (Å²) in [5.41, 5.74) is 5.11. The molecule has 108 valence electrons. The molecule has 2 fully saturated rings. The maximum Gasteiger partial charge on any atom is 0.233 e. The molecule has 1 amide bonds. The molecule has 0 bridgehead atoms. The third kappa shape index (κ3) is 3.43. The van der Waals surface area contributed by atoms with E-state index < -0.39 is 5.41 Å². The van der Waals surface area contributed by atoms with Crippen molar-refractivity contribution in [3.05, 3.63) is 0 Å². The lowest BCUT2D eigenvalue weighted by Crippen LogP contribution is -2.52. The summed E-state index contributed by atoms with van der Waals surface area (Å²) in [6.07, 6.45) is 3.72. The first-order chi connectivity index (χ1) is 9.15. The highest BCUT2D eigenvalue weighted by Crippen LogP contribution is 2.31. The highest BCUT2D eigenvalue weighted by molar-refractivity contribution is 7.80. The van der Waals surface area contributed by atoms with Gasteiger partial charge in [0.15, 0.2) is 0 Å². The highest BCUT2D eigenvalue weighted by Gasteiger charge is 2.42. The van der Waals surface area contributed by atoms with Crippen LogP contribution in [0.2, 0.25) is 0 Å². The predicted octanol–water partition coefficient (Wildman–Crippen LogP) is 0.281. The smallest absolute Gasteiger partial charge is 0.233 e. The molecular formula is C13H23N3O2S. The number of hydrogen-bond acceptors (Lipinski definition) is 4. The number of hydrogen-bond donors (Lipinski definition) is 2. The van der Waals surface area contributed by atoms with Crippen molar-refractivity contribution in [2.75, 3.05) is 39.4 Å². The van der Waals surface area contributed by atoms with Crippen LogP contribution in [0.3, 0.4) is 0 Å². The van der Waals surface area contributed by atoms with Crippen molar-refractivity contribution in [2.24, 2.45) is 11.1 Å². The number of rotatable bonds is 5. The fourth-order valence-electron chi connectivity index (χ4n) is 2.81. The van der Waals surface area contributed by atoms with Crippen LogP contribution < -0.4 is 11.1 Å². The Morgan fingerprint density at radius 1 is 1.32 bits per heavy atom. The van der Waals surface area contributed by atoms with Gasteiger partial charge in [0, 0.05) is 26.3 Å². The van der Waals surface area contributed by atoms with E-state index >= 15 is 0 Å². The lowest BCUT2D eigenvalue weighted by atomic mass is 9.79. The predicted molar refractivity (Wildman–Crippen MR) is 78.0 cm³/mol. The molecule has 3 N–H and O–H groups in total. The molecular weight excluding hydrogens is 262 g/mol. The van der Waals surface area contributed by atoms with E-state index in [-0.39, 0.29) is 5.91 Å². The van der Waals surface area contributed by atoms with Gasteiger partial charge in [-0.2, -0.15) is 0 Å². The van der Waals surface area contributed by atoms with Gasteiger partial charge in [0.25, 0.3) is 0 Å². The summed E-state index contributed by atoms with van der Waals surface area (Å²) in [5, 5.41) is 3.00. The van der Waals surface area contributed by atoms with Crippen molar-refractivity contribution in [3.8, 4) is 0 Å². The molecule has 2 aliphatic heterocycles. The first-order valence-corrected chi connectivity index (χ1v) is 7.44. The highest BCUT2D eigenvalue weighted by atomic mass is 32.1. The second-order valence-electron chi connectivity index (χ2n) is 5.36. The zero-order chi connectivity index (χ0) is 13.7. The quantitative estimate of drug-likeness (QED) is 0.710. The van der Waals surface area contributed by atoms with E-state index in [0.717, 1.165) is 19.6 Å². The maximum atomic E-state index is 12.4. The van der Waals surface area contributed by atoms with E-state index in [1.165, 1.54) is 12.8 Å². The van der Waals surface area contributed by atoms with Crippen molar-refractivity contribution in [3.63, 3.8) is 0 Å². The second-order valence-corrected chi connectivity index (χ2v) is 5.80. The monoisotopic (exact) mass is 285 g/mol. The van der Waals surface area contributed by atoms with Gasteiger partial charge in [0.05, 0.1) is 4.99 Å². The van der Waals surface area contributed by atoms with Crippen LogP contribution in [-0.2, 0) is 9.53 Å². The van der Waals surface area contributed by atoms with Gasteiger partial charge >= 0.3 is 0 Å². The molecule has 0 aromatic heterocycles. The summed E-state index contributed by atoms with van der Waals surface area (Å²) in [4.78, 5) is 15.1. The fourth-order valence-corrected chi connectivity index (χ4v) is 3.11. The Bertz CT molecular complexity index is 337. The maximum absolute atomic E-state index is 12.4. The zero-order valence-electron chi connectivity index (χ0n) is 11.3. The van der Waals surface area contributed by atoms with E-state index in [1.54, 1.807) is 0 Å². The number of ether oxygens (including phenoxy) is 1. The minimum absolute atomic E-state index is 0.0255. The summed E-state index contributed by atoms with van der Waals surface area (Å²) < 4.78 is 5.31. The fraction of sp³-hybridized carbons (Fsp3) is 0.846. The molecule has 2 saturated heterocycles. The number of nitrogens with zero attached hydrogens (tertiary/aromatic N) is 1. The van der Waals surface area contributed by atoms with Gasteiger partial charge in [-0.3, -0.25) is 4.79 Å². The summed E-state index contributed by atoms with van der Waals surface area (Å²) >= 11 is 5.11. The van der Waals surface area contributed by atoms with Crippen molar-refractivity contribution in [2.45, 2.75) is 25.7 Å².